The number of nitriles is 1. The molecule has 1 saturated carbocycles. The Morgan fingerprint density at radius 3 is 2.38 bits per heavy atom. The highest BCUT2D eigenvalue weighted by molar-refractivity contribution is 6.14. The smallest absolute Gasteiger partial charge is 0.297 e. The van der Waals surface area contributed by atoms with Crippen LogP contribution in [0.3, 0.4) is 0 Å². The first-order valence-corrected chi connectivity index (χ1v) is 6.41. The lowest BCUT2D eigenvalue weighted by atomic mass is 9.90. The number of carbonyl (C=O) groups excluding carboxylic acids is 2. The number of hydrogen-bond acceptors (Lipinski definition) is 3. The van der Waals surface area contributed by atoms with Gasteiger partial charge in [0.05, 0.1) is 11.6 Å². The van der Waals surface area contributed by atoms with Crippen molar-refractivity contribution in [2.24, 2.45) is 11.8 Å². The third-order valence-corrected chi connectivity index (χ3v) is 3.47. The van der Waals surface area contributed by atoms with Gasteiger partial charge in [-0.1, -0.05) is 6.07 Å². The van der Waals surface area contributed by atoms with Crippen molar-refractivity contribution < 1.29 is 22.8 Å². The summed E-state index contributed by atoms with van der Waals surface area (Å²) in [6.45, 7) is 1.36. The van der Waals surface area contributed by atoms with Gasteiger partial charge in [0.15, 0.2) is 17.5 Å². The fourth-order valence-corrected chi connectivity index (χ4v) is 2.13. The lowest BCUT2D eigenvalue weighted by molar-refractivity contribution is -0.137. The summed E-state index contributed by atoms with van der Waals surface area (Å²) < 4.78 is 37.7. The Morgan fingerprint density at radius 2 is 1.95 bits per heavy atom. The summed E-state index contributed by atoms with van der Waals surface area (Å²) in [4.78, 5) is 24.1. The normalized spacial score (nSPS) is 16.1. The Hall–Kier alpha value is -2.16. The first-order chi connectivity index (χ1) is 9.75. The molecule has 0 heterocycles. The zero-order valence-electron chi connectivity index (χ0n) is 11.2. The van der Waals surface area contributed by atoms with Gasteiger partial charge in [-0.25, -0.2) is 0 Å². The summed E-state index contributed by atoms with van der Waals surface area (Å²) in [6.07, 6.45) is -3.17. The van der Waals surface area contributed by atoms with Crippen molar-refractivity contribution in [2.75, 3.05) is 0 Å². The molecule has 0 amide bonds. The molecule has 1 aliphatic rings. The lowest BCUT2D eigenvalue weighted by Gasteiger charge is -2.12. The molecular weight excluding hydrogens is 283 g/mol. The second kappa shape index (κ2) is 5.32. The number of hydrogen-bond donors (Lipinski definition) is 0. The first-order valence-electron chi connectivity index (χ1n) is 6.41. The van der Waals surface area contributed by atoms with Crippen LogP contribution in [0.25, 0.3) is 0 Å². The summed E-state index contributed by atoms with van der Waals surface area (Å²) >= 11 is 0. The van der Waals surface area contributed by atoms with Crippen LogP contribution in [0.5, 0.6) is 0 Å². The second-order valence-corrected chi connectivity index (χ2v) is 5.13. The summed E-state index contributed by atoms with van der Waals surface area (Å²) in [5.74, 6) is -2.83. The zero-order valence-corrected chi connectivity index (χ0v) is 11.2. The van der Waals surface area contributed by atoms with Crippen LogP contribution in [-0.4, -0.2) is 11.6 Å². The maximum absolute atomic E-state index is 12.6. The molecule has 0 radical (unpaired) electrons. The van der Waals surface area contributed by atoms with Gasteiger partial charge in [-0.15, -0.1) is 0 Å². The van der Waals surface area contributed by atoms with Gasteiger partial charge in [0.1, 0.15) is 0 Å². The summed E-state index contributed by atoms with van der Waals surface area (Å²) in [5, 5.41) is 9.01. The van der Waals surface area contributed by atoms with E-state index in [0.29, 0.717) is 12.8 Å². The number of halogens is 3. The van der Waals surface area contributed by atoms with Gasteiger partial charge in [-0.3, -0.25) is 9.59 Å². The van der Waals surface area contributed by atoms with Crippen LogP contribution in [0.1, 0.15) is 34.3 Å². The van der Waals surface area contributed by atoms with Gasteiger partial charge in [-0.2, -0.15) is 18.4 Å². The van der Waals surface area contributed by atoms with Gasteiger partial charge in [0.25, 0.3) is 0 Å². The monoisotopic (exact) mass is 295 g/mol. The van der Waals surface area contributed by atoms with E-state index in [1.165, 1.54) is 6.92 Å². The lowest BCUT2D eigenvalue weighted by Crippen LogP contribution is -2.25. The first kappa shape index (κ1) is 15.2. The van der Waals surface area contributed by atoms with Gasteiger partial charge >= 0.3 is 6.18 Å². The van der Waals surface area contributed by atoms with Crippen molar-refractivity contribution in [2.45, 2.75) is 25.9 Å². The Kier molecular flexibility index (Phi) is 3.86. The number of carbonyl (C=O) groups is 2. The van der Waals surface area contributed by atoms with Crippen LogP contribution in [0, 0.1) is 30.1 Å². The van der Waals surface area contributed by atoms with Crippen molar-refractivity contribution in [3.05, 3.63) is 34.9 Å². The largest absolute Gasteiger partial charge is 0.416 e. The molecule has 0 aromatic heterocycles. The van der Waals surface area contributed by atoms with Crippen molar-refractivity contribution in [1.82, 2.24) is 0 Å². The number of benzene rings is 1. The van der Waals surface area contributed by atoms with Crippen LogP contribution in [0.4, 0.5) is 13.2 Å². The Morgan fingerprint density at radius 1 is 1.33 bits per heavy atom. The predicted octanol–water partition coefficient (Wildman–Crippen LogP) is 3.32. The number of Topliss-reactive ketones (excluding diaryl/α,β-unsaturated/α-hetero) is 2. The highest BCUT2D eigenvalue weighted by atomic mass is 19.4. The molecule has 0 saturated heterocycles. The minimum absolute atomic E-state index is 0.0106. The fourth-order valence-electron chi connectivity index (χ4n) is 2.13. The zero-order chi connectivity index (χ0) is 15.8. The van der Waals surface area contributed by atoms with E-state index in [-0.39, 0.29) is 17.0 Å². The third-order valence-electron chi connectivity index (χ3n) is 3.47. The van der Waals surface area contributed by atoms with Crippen LogP contribution in [0.15, 0.2) is 18.2 Å². The van der Waals surface area contributed by atoms with E-state index in [4.69, 9.17) is 5.26 Å². The molecule has 1 aromatic carbocycles. The van der Waals surface area contributed by atoms with E-state index in [9.17, 15) is 22.8 Å². The molecule has 3 nitrogen and oxygen atoms in total. The van der Waals surface area contributed by atoms with Crippen LogP contribution >= 0.6 is 0 Å². The maximum atomic E-state index is 12.6. The van der Waals surface area contributed by atoms with Crippen molar-refractivity contribution in [1.29, 1.82) is 5.26 Å². The molecule has 1 aromatic rings. The van der Waals surface area contributed by atoms with Gasteiger partial charge in [0, 0.05) is 11.5 Å². The standard InChI is InChI=1S/C15H12F3NO2/c1-8-6-10(15(16,17)18)4-5-11(8)14(21)12(7-19)13(20)9-2-3-9/h4-6,9,12H,2-3H2,1H3. The molecule has 2 rings (SSSR count). The summed E-state index contributed by atoms with van der Waals surface area (Å²) in [5.41, 5.74) is -0.763. The molecule has 1 atom stereocenters. The highest BCUT2D eigenvalue weighted by Crippen LogP contribution is 2.34. The average molecular weight is 295 g/mol. The molecule has 1 fully saturated rings. The minimum Gasteiger partial charge on any atom is -0.297 e. The Bertz CT molecular complexity index is 639. The molecule has 1 unspecified atom stereocenters. The van der Waals surface area contributed by atoms with Crippen LogP contribution in [-0.2, 0) is 11.0 Å². The number of nitrogens with zero attached hydrogens (tertiary/aromatic N) is 1. The Balaban J connectivity index is 2.31. The summed E-state index contributed by atoms with van der Waals surface area (Å²) in [7, 11) is 0. The van der Waals surface area contributed by atoms with E-state index in [1.807, 2.05) is 0 Å². The van der Waals surface area contributed by atoms with E-state index < -0.39 is 29.2 Å². The van der Waals surface area contributed by atoms with E-state index in [2.05, 4.69) is 0 Å². The average Bonchev–Trinajstić information content (AvgIpc) is 3.22. The third kappa shape index (κ3) is 3.13. The second-order valence-electron chi connectivity index (χ2n) is 5.13. The molecule has 0 spiro atoms. The molecule has 21 heavy (non-hydrogen) atoms. The van der Waals surface area contributed by atoms with E-state index in [1.54, 1.807) is 6.07 Å². The van der Waals surface area contributed by atoms with E-state index in [0.717, 1.165) is 18.2 Å². The summed E-state index contributed by atoms with van der Waals surface area (Å²) in [6, 6.07) is 4.34. The molecule has 0 N–H and O–H groups in total. The topological polar surface area (TPSA) is 57.9 Å². The van der Waals surface area contributed by atoms with Crippen molar-refractivity contribution in [3.63, 3.8) is 0 Å². The van der Waals surface area contributed by atoms with Crippen molar-refractivity contribution in [3.8, 4) is 6.07 Å². The fraction of sp³-hybridized carbons (Fsp3) is 0.400. The quantitative estimate of drug-likeness (QED) is 0.632. The number of aryl methyl sites for hydroxylation is 1. The molecule has 6 heteroatoms. The number of rotatable bonds is 4. The maximum Gasteiger partial charge on any atom is 0.416 e. The molecular formula is C15H12F3NO2. The molecule has 110 valence electrons. The van der Waals surface area contributed by atoms with Gasteiger partial charge < -0.3 is 0 Å². The molecule has 0 aliphatic heterocycles. The molecule has 1 aliphatic carbocycles. The van der Waals surface area contributed by atoms with Crippen molar-refractivity contribution >= 4 is 11.6 Å². The minimum atomic E-state index is -4.50. The van der Waals surface area contributed by atoms with Gasteiger partial charge in [-0.05, 0) is 37.5 Å². The molecule has 0 bridgehead atoms. The Labute approximate surface area is 119 Å². The number of ketones is 2. The predicted molar refractivity (Wildman–Crippen MR) is 67.3 cm³/mol. The SMILES string of the molecule is Cc1cc(C(F)(F)F)ccc1C(=O)C(C#N)C(=O)C1CC1. The van der Waals surface area contributed by atoms with Crippen LogP contribution in [0.2, 0.25) is 0 Å². The number of alkyl halides is 3. The van der Waals surface area contributed by atoms with Gasteiger partial charge in [0.2, 0.25) is 0 Å². The van der Waals surface area contributed by atoms with Crippen LogP contribution < -0.4 is 0 Å². The highest BCUT2D eigenvalue weighted by Gasteiger charge is 2.39. The van der Waals surface area contributed by atoms with E-state index >= 15 is 0 Å².